The van der Waals surface area contributed by atoms with Crippen molar-refractivity contribution in [2.45, 2.75) is 51.2 Å². The topological polar surface area (TPSA) is 73.9 Å². The second-order valence-electron chi connectivity index (χ2n) is 8.24. The molecule has 0 radical (unpaired) electrons. The first-order valence-corrected chi connectivity index (χ1v) is 9.75. The Morgan fingerprint density at radius 3 is 2.59 bits per heavy atom. The van der Waals surface area contributed by atoms with Crippen molar-refractivity contribution in [1.82, 2.24) is 9.78 Å². The molecule has 27 heavy (non-hydrogen) atoms. The third kappa shape index (κ3) is 3.64. The molecule has 0 atom stereocenters. The van der Waals surface area contributed by atoms with Gasteiger partial charge < -0.3 is 15.1 Å². The maximum Gasteiger partial charge on any atom is 0.114 e. The van der Waals surface area contributed by atoms with Gasteiger partial charge in [-0.3, -0.25) is 9.67 Å². The SMILES string of the molecule is CC(C)(O)c1cc2nn(C3CCC(CO)CC3)cc2cc1N1C=CC=NC1. The van der Waals surface area contributed by atoms with Gasteiger partial charge in [-0.15, -0.1) is 0 Å². The average Bonchev–Trinajstić information content (AvgIpc) is 3.10. The monoisotopic (exact) mass is 368 g/mol. The van der Waals surface area contributed by atoms with Gasteiger partial charge in [0.15, 0.2) is 0 Å². The van der Waals surface area contributed by atoms with Gasteiger partial charge in [0.25, 0.3) is 0 Å². The molecule has 2 N–H and O–H groups in total. The van der Waals surface area contributed by atoms with E-state index in [2.05, 4.69) is 26.8 Å². The fourth-order valence-corrected chi connectivity index (χ4v) is 4.13. The first-order chi connectivity index (χ1) is 13.0. The zero-order valence-electron chi connectivity index (χ0n) is 16.0. The number of hydrogen-bond acceptors (Lipinski definition) is 5. The molecule has 0 bridgehead atoms. The number of aliphatic imine (C=N–C) groups is 1. The Morgan fingerprint density at radius 2 is 1.96 bits per heavy atom. The molecule has 1 aliphatic carbocycles. The van der Waals surface area contributed by atoms with Gasteiger partial charge in [0.2, 0.25) is 0 Å². The Kier molecular flexibility index (Phi) is 4.78. The maximum atomic E-state index is 10.7. The van der Waals surface area contributed by atoms with Gasteiger partial charge in [0.05, 0.1) is 17.2 Å². The zero-order chi connectivity index (χ0) is 19.0. The molecular formula is C21H28N4O2. The molecule has 1 aromatic heterocycles. The molecule has 2 aromatic rings. The second kappa shape index (κ2) is 7.09. The van der Waals surface area contributed by atoms with Gasteiger partial charge in [-0.05, 0) is 63.7 Å². The minimum atomic E-state index is -0.971. The van der Waals surface area contributed by atoms with Gasteiger partial charge in [0, 0.05) is 41.9 Å². The fraction of sp³-hybridized carbons (Fsp3) is 0.524. The van der Waals surface area contributed by atoms with Crippen molar-refractivity contribution in [3.05, 3.63) is 36.2 Å². The van der Waals surface area contributed by atoms with Crippen molar-refractivity contribution >= 4 is 22.8 Å². The average molecular weight is 368 g/mol. The minimum absolute atomic E-state index is 0.290. The number of aromatic nitrogens is 2. The van der Waals surface area contributed by atoms with Crippen molar-refractivity contribution in [1.29, 1.82) is 0 Å². The van der Waals surface area contributed by atoms with Crippen molar-refractivity contribution in [2.24, 2.45) is 10.9 Å². The summed E-state index contributed by atoms with van der Waals surface area (Å²) < 4.78 is 2.08. The summed E-state index contributed by atoms with van der Waals surface area (Å²) >= 11 is 0. The van der Waals surface area contributed by atoms with Crippen molar-refractivity contribution in [3.8, 4) is 0 Å². The summed E-state index contributed by atoms with van der Waals surface area (Å²) in [7, 11) is 0. The maximum absolute atomic E-state index is 10.7. The molecule has 0 saturated heterocycles. The van der Waals surface area contributed by atoms with E-state index in [1.165, 1.54) is 0 Å². The van der Waals surface area contributed by atoms with E-state index >= 15 is 0 Å². The van der Waals surface area contributed by atoms with Gasteiger partial charge in [-0.1, -0.05) is 0 Å². The van der Waals surface area contributed by atoms with Gasteiger partial charge in [-0.25, -0.2) is 0 Å². The van der Waals surface area contributed by atoms with Crippen LogP contribution in [0.15, 0.2) is 35.6 Å². The Labute approximate surface area is 159 Å². The number of rotatable bonds is 4. The molecule has 6 nitrogen and oxygen atoms in total. The number of hydrogen-bond donors (Lipinski definition) is 2. The van der Waals surface area contributed by atoms with E-state index in [1.54, 1.807) is 6.21 Å². The molecule has 4 rings (SSSR count). The molecule has 0 amide bonds. The molecule has 2 aliphatic rings. The Morgan fingerprint density at radius 1 is 1.19 bits per heavy atom. The van der Waals surface area contributed by atoms with Crippen molar-refractivity contribution in [2.75, 3.05) is 18.2 Å². The van der Waals surface area contributed by atoms with E-state index in [4.69, 9.17) is 5.10 Å². The molecule has 2 heterocycles. The zero-order valence-corrected chi connectivity index (χ0v) is 16.0. The van der Waals surface area contributed by atoms with Gasteiger partial charge in [-0.2, -0.15) is 5.10 Å². The van der Waals surface area contributed by atoms with Crippen LogP contribution in [0.2, 0.25) is 0 Å². The predicted octanol–water partition coefficient (Wildman–Crippen LogP) is 3.35. The molecular weight excluding hydrogens is 340 g/mol. The number of nitrogens with zero attached hydrogens (tertiary/aromatic N) is 4. The number of benzene rings is 1. The molecule has 1 aromatic carbocycles. The molecule has 0 spiro atoms. The number of aliphatic hydroxyl groups excluding tert-OH is 1. The summed E-state index contributed by atoms with van der Waals surface area (Å²) in [4.78, 5) is 6.38. The quantitative estimate of drug-likeness (QED) is 0.868. The van der Waals surface area contributed by atoms with Crippen molar-refractivity contribution < 1.29 is 10.2 Å². The highest BCUT2D eigenvalue weighted by atomic mass is 16.3. The second-order valence-corrected chi connectivity index (χ2v) is 8.24. The first kappa shape index (κ1) is 18.2. The van der Waals surface area contributed by atoms with Crippen LogP contribution in [0.5, 0.6) is 0 Å². The highest BCUT2D eigenvalue weighted by Crippen LogP contribution is 2.37. The summed E-state index contributed by atoms with van der Waals surface area (Å²) in [6, 6.07) is 4.50. The van der Waals surface area contributed by atoms with Crippen LogP contribution in [-0.4, -0.2) is 39.5 Å². The lowest BCUT2D eigenvalue weighted by molar-refractivity contribution is 0.0792. The predicted molar refractivity (Wildman–Crippen MR) is 108 cm³/mol. The third-order valence-electron chi connectivity index (χ3n) is 5.75. The van der Waals surface area contributed by atoms with Crippen LogP contribution >= 0.6 is 0 Å². The number of fused-ring (bicyclic) bond motifs is 1. The van der Waals surface area contributed by atoms with Gasteiger partial charge >= 0.3 is 0 Å². The molecule has 6 heteroatoms. The lowest BCUT2D eigenvalue weighted by atomic mass is 9.87. The number of anilines is 1. The molecule has 1 fully saturated rings. The summed E-state index contributed by atoms with van der Waals surface area (Å²) in [6.45, 7) is 4.45. The largest absolute Gasteiger partial charge is 0.396 e. The van der Waals surface area contributed by atoms with Gasteiger partial charge in [0.1, 0.15) is 6.67 Å². The summed E-state index contributed by atoms with van der Waals surface area (Å²) in [5.41, 5.74) is 1.75. The fourth-order valence-electron chi connectivity index (χ4n) is 4.13. The van der Waals surface area contributed by atoms with E-state index in [0.717, 1.165) is 47.8 Å². The van der Waals surface area contributed by atoms with Crippen molar-refractivity contribution in [3.63, 3.8) is 0 Å². The highest BCUT2D eigenvalue weighted by Gasteiger charge is 2.26. The van der Waals surface area contributed by atoms with E-state index in [1.807, 2.05) is 32.2 Å². The molecule has 1 saturated carbocycles. The standard InChI is InChI=1S/C21H28N4O2/c1-21(2,27)18-11-19-16(10-20(18)24-9-3-8-22-14-24)12-25(23-19)17-6-4-15(13-26)5-7-17/h3,8-12,15,17,26-27H,4-7,13-14H2,1-2H3. The van der Waals surface area contributed by atoms with Crippen LogP contribution in [0.3, 0.4) is 0 Å². The molecule has 144 valence electrons. The summed E-state index contributed by atoms with van der Waals surface area (Å²) in [5, 5.41) is 26.0. The van der Waals surface area contributed by atoms with E-state index in [0.29, 0.717) is 18.6 Å². The van der Waals surface area contributed by atoms with Crippen LogP contribution in [-0.2, 0) is 5.60 Å². The molecule has 1 aliphatic heterocycles. The van der Waals surface area contributed by atoms with E-state index in [9.17, 15) is 10.2 Å². The lowest BCUT2D eigenvalue weighted by Gasteiger charge is -2.28. The van der Waals surface area contributed by atoms with Crippen LogP contribution in [0.1, 0.15) is 51.1 Å². The van der Waals surface area contributed by atoms with Crippen LogP contribution < -0.4 is 4.90 Å². The Bertz CT molecular complexity index is 870. The van der Waals surface area contributed by atoms with E-state index in [-0.39, 0.29) is 6.61 Å². The smallest absolute Gasteiger partial charge is 0.114 e. The molecule has 0 unspecified atom stereocenters. The Hall–Kier alpha value is -2.18. The lowest BCUT2D eigenvalue weighted by Crippen LogP contribution is -2.25. The summed E-state index contributed by atoms with van der Waals surface area (Å²) in [6.07, 6.45) is 12.0. The van der Waals surface area contributed by atoms with Crippen LogP contribution in [0.4, 0.5) is 5.69 Å². The summed E-state index contributed by atoms with van der Waals surface area (Å²) in [5.74, 6) is 0.436. The first-order valence-electron chi connectivity index (χ1n) is 9.75. The normalized spacial score (nSPS) is 23.3. The van der Waals surface area contributed by atoms with Crippen LogP contribution in [0.25, 0.3) is 10.9 Å². The van der Waals surface area contributed by atoms with Crippen LogP contribution in [0, 0.1) is 5.92 Å². The number of aliphatic hydroxyl groups is 2. The number of allylic oxidation sites excluding steroid dienone is 1. The Balaban J connectivity index is 1.71. The minimum Gasteiger partial charge on any atom is -0.396 e. The highest BCUT2D eigenvalue weighted by molar-refractivity contribution is 5.86. The van der Waals surface area contributed by atoms with E-state index < -0.39 is 5.60 Å². The third-order valence-corrected chi connectivity index (χ3v) is 5.75.